The molecule has 5 heteroatoms. The Bertz CT molecular complexity index is 573. The molecule has 0 bridgehead atoms. The fourth-order valence-corrected chi connectivity index (χ4v) is 2.18. The number of carbonyl (C=O) groups is 1. The highest BCUT2D eigenvalue weighted by Crippen LogP contribution is 2.13. The minimum absolute atomic E-state index is 0.0230. The number of halogens is 1. The number of ether oxygens (including phenoxy) is 1. The molecule has 0 saturated heterocycles. The number of hydrogen-bond donors (Lipinski definition) is 0. The summed E-state index contributed by atoms with van der Waals surface area (Å²) in [5, 5.41) is 0. The quantitative estimate of drug-likeness (QED) is 0.805. The molecule has 0 spiro atoms. The topological polar surface area (TPSA) is 42.4 Å². The van der Waals surface area contributed by atoms with Gasteiger partial charge in [-0.2, -0.15) is 0 Å². The van der Waals surface area contributed by atoms with Crippen LogP contribution in [0.5, 0.6) is 0 Å². The number of rotatable bonds is 6. The van der Waals surface area contributed by atoms with Crippen LogP contribution in [0.1, 0.15) is 16.1 Å². The Balaban J connectivity index is 2.14. The third kappa shape index (κ3) is 4.65. The molecule has 0 radical (unpaired) electrons. The minimum Gasteiger partial charge on any atom is -0.383 e. The van der Waals surface area contributed by atoms with E-state index in [0.29, 0.717) is 25.3 Å². The molecule has 1 aromatic heterocycles. The molecule has 2 rings (SSSR count). The molecule has 0 aliphatic rings. The van der Waals surface area contributed by atoms with Crippen molar-refractivity contribution in [2.45, 2.75) is 6.54 Å². The maximum atomic E-state index is 12.6. The third-order valence-electron chi connectivity index (χ3n) is 3.02. The summed E-state index contributed by atoms with van der Waals surface area (Å²) in [6.07, 6.45) is 1.73. The second-order valence-corrected chi connectivity index (χ2v) is 5.46. The zero-order valence-corrected chi connectivity index (χ0v) is 13.4. The standard InChI is InChI=1S/C16H17BrN2O2/c1-21-11-10-19(12-15-4-2-3-9-18-15)16(20)13-5-7-14(17)8-6-13/h2-9H,10-12H2,1H3. The largest absolute Gasteiger partial charge is 0.383 e. The van der Waals surface area contributed by atoms with E-state index >= 15 is 0 Å². The van der Waals surface area contributed by atoms with Crippen molar-refractivity contribution in [2.75, 3.05) is 20.3 Å². The molecular formula is C16H17BrN2O2. The molecule has 1 heterocycles. The normalized spacial score (nSPS) is 10.4. The van der Waals surface area contributed by atoms with Gasteiger partial charge in [0.1, 0.15) is 0 Å². The van der Waals surface area contributed by atoms with E-state index in [-0.39, 0.29) is 5.91 Å². The summed E-state index contributed by atoms with van der Waals surface area (Å²) in [5.74, 6) is -0.0230. The van der Waals surface area contributed by atoms with E-state index in [4.69, 9.17) is 4.74 Å². The van der Waals surface area contributed by atoms with Gasteiger partial charge >= 0.3 is 0 Å². The van der Waals surface area contributed by atoms with E-state index in [9.17, 15) is 4.79 Å². The summed E-state index contributed by atoms with van der Waals surface area (Å²) in [5.41, 5.74) is 1.52. The van der Waals surface area contributed by atoms with Gasteiger partial charge in [0.15, 0.2) is 0 Å². The van der Waals surface area contributed by atoms with Gasteiger partial charge < -0.3 is 9.64 Å². The Morgan fingerprint density at radius 3 is 2.62 bits per heavy atom. The SMILES string of the molecule is COCCN(Cc1ccccn1)C(=O)c1ccc(Br)cc1. The lowest BCUT2D eigenvalue weighted by Crippen LogP contribution is -2.33. The highest BCUT2D eigenvalue weighted by molar-refractivity contribution is 9.10. The number of benzene rings is 1. The summed E-state index contributed by atoms with van der Waals surface area (Å²) >= 11 is 3.37. The molecule has 110 valence electrons. The Morgan fingerprint density at radius 1 is 1.24 bits per heavy atom. The van der Waals surface area contributed by atoms with E-state index < -0.39 is 0 Å². The van der Waals surface area contributed by atoms with Crippen molar-refractivity contribution in [1.82, 2.24) is 9.88 Å². The Hall–Kier alpha value is -1.72. The molecule has 1 amide bonds. The predicted octanol–water partition coefficient (Wildman–Crippen LogP) is 3.13. The van der Waals surface area contributed by atoms with Crippen LogP contribution in [0.3, 0.4) is 0 Å². The molecule has 21 heavy (non-hydrogen) atoms. The van der Waals surface area contributed by atoms with Crippen molar-refractivity contribution in [2.24, 2.45) is 0 Å². The molecule has 2 aromatic rings. The second-order valence-electron chi connectivity index (χ2n) is 4.55. The van der Waals surface area contributed by atoms with E-state index in [1.165, 1.54) is 0 Å². The van der Waals surface area contributed by atoms with Crippen LogP contribution in [0.2, 0.25) is 0 Å². The molecule has 0 aliphatic heterocycles. The molecule has 0 atom stereocenters. The van der Waals surface area contributed by atoms with Crippen molar-refractivity contribution in [1.29, 1.82) is 0 Å². The molecule has 0 fully saturated rings. The highest BCUT2D eigenvalue weighted by Gasteiger charge is 2.16. The van der Waals surface area contributed by atoms with Gasteiger partial charge in [-0.1, -0.05) is 22.0 Å². The lowest BCUT2D eigenvalue weighted by molar-refractivity contribution is 0.0678. The summed E-state index contributed by atoms with van der Waals surface area (Å²) in [6.45, 7) is 1.50. The van der Waals surface area contributed by atoms with Gasteiger partial charge in [0.25, 0.3) is 5.91 Å². The van der Waals surface area contributed by atoms with Gasteiger partial charge in [0.05, 0.1) is 18.8 Å². The Labute approximate surface area is 132 Å². The predicted molar refractivity (Wildman–Crippen MR) is 85.0 cm³/mol. The van der Waals surface area contributed by atoms with Gasteiger partial charge in [-0.25, -0.2) is 0 Å². The van der Waals surface area contributed by atoms with Gasteiger partial charge in [0.2, 0.25) is 0 Å². The highest BCUT2D eigenvalue weighted by atomic mass is 79.9. The average molecular weight is 349 g/mol. The van der Waals surface area contributed by atoms with Crippen LogP contribution in [-0.4, -0.2) is 36.1 Å². The number of amides is 1. The molecule has 0 N–H and O–H groups in total. The summed E-state index contributed by atoms with van der Waals surface area (Å²) in [6, 6.07) is 13.0. The zero-order chi connectivity index (χ0) is 15.1. The minimum atomic E-state index is -0.0230. The van der Waals surface area contributed by atoms with E-state index in [0.717, 1.165) is 10.2 Å². The number of aromatic nitrogens is 1. The number of methoxy groups -OCH3 is 1. The number of nitrogens with zero attached hydrogens (tertiary/aromatic N) is 2. The molecule has 4 nitrogen and oxygen atoms in total. The second kappa shape index (κ2) is 7.90. The lowest BCUT2D eigenvalue weighted by atomic mass is 10.2. The molecule has 0 unspecified atom stereocenters. The Kier molecular flexibility index (Phi) is 5.90. The fourth-order valence-electron chi connectivity index (χ4n) is 1.92. The van der Waals surface area contributed by atoms with Crippen LogP contribution in [-0.2, 0) is 11.3 Å². The number of carbonyl (C=O) groups excluding carboxylic acids is 1. The third-order valence-corrected chi connectivity index (χ3v) is 3.55. The molecule has 0 aliphatic carbocycles. The first-order chi connectivity index (χ1) is 10.2. The number of pyridine rings is 1. The van der Waals surface area contributed by atoms with Crippen LogP contribution in [0, 0.1) is 0 Å². The van der Waals surface area contributed by atoms with Crippen molar-refractivity contribution in [3.63, 3.8) is 0 Å². The van der Waals surface area contributed by atoms with Gasteiger partial charge in [-0.15, -0.1) is 0 Å². The van der Waals surface area contributed by atoms with Crippen LogP contribution in [0.15, 0.2) is 53.1 Å². The summed E-state index contributed by atoms with van der Waals surface area (Å²) < 4.78 is 6.04. The van der Waals surface area contributed by atoms with Crippen LogP contribution < -0.4 is 0 Å². The van der Waals surface area contributed by atoms with Crippen molar-refractivity contribution in [3.8, 4) is 0 Å². The van der Waals surface area contributed by atoms with E-state index in [1.807, 2.05) is 42.5 Å². The maximum Gasteiger partial charge on any atom is 0.254 e. The first-order valence-electron chi connectivity index (χ1n) is 6.64. The van der Waals surface area contributed by atoms with Crippen LogP contribution >= 0.6 is 15.9 Å². The summed E-state index contributed by atoms with van der Waals surface area (Å²) in [7, 11) is 1.63. The van der Waals surface area contributed by atoms with Crippen molar-refractivity contribution >= 4 is 21.8 Å². The van der Waals surface area contributed by atoms with Crippen LogP contribution in [0.25, 0.3) is 0 Å². The lowest BCUT2D eigenvalue weighted by Gasteiger charge is -2.22. The zero-order valence-electron chi connectivity index (χ0n) is 11.8. The maximum absolute atomic E-state index is 12.6. The first kappa shape index (κ1) is 15.7. The van der Waals surface area contributed by atoms with E-state index in [2.05, 4.69) is 20.9 Å². The summed E-state index contributed by atoms with van der Waals surface area (Å²) in [4.78, 5) is 18.6. The smallest absolute Gasteiger partial charge is 0.254 e. The molecular weight excluding hydrogens is 332 g/mol. The molecule has 0 saturated carbocycles. The first-order valence-corrected chi connectivity index (χ1v) is 7.43. The van der Waals surface area contributed by atoms with Gasteiger partial charge in [-0.3, -0.25) is 9.78 Å². The van der Waals surface area contributed by atoms with Gasteiger partial charge in [0, 0.05) is 29.9 Å². The van der Waals surface area contributed by atoms with Gasteiger partial charge in [-0.05, 0) is 36.4 Å². The molecule has 1 aromatic carbocycles. The average Bonchev–Trinajstić information content (AvgIpc) is 2.52. The van der Waals surface area contributed by atoms with Crippen LogP contribution in [0.4, 0.5) is 0 Å². The van der Waals surface area contributed by atoms with Crippen molar-refractivity contribution in [3.05, 3.63) is 64.4 Å². The monoisotopic (exact) mass is 348 g/mol. The number of hydrogen-bond acceptors (Lipinski definition) is 3. The fraction of sp³-hybridized carbons (Fsp3) is 0.250. The van der Waals surface area contributed by atoms with E-state index in [1.54, 1.807) is 18.2 Å². The Morgan fingerprint density at radius 2 is 2.00 bits per heavy atom. The van der Waals surface area contributed by atoms with Crippen molar-refractivity contribution < 1.29 is 9.53 Å².